The van der Waals surface area contributed by atoms with Crippen LogP contribution in [-0.2, 0) is 4.57 Å². The van der Waals surface area contributed by atoms with Crippen molar-refractivity contribution in [2.45, 2.75) is 0 Å². The molecule has 0 atom stereocenters. The van der Waals surface area contributed by atoms with E-state index in [0.29, 0.717) is 0 Å². The van der Waals surface area contributed by atoms with Crippen LogP contribution in [0.5, 0.6) is 0 Å². The lowest BCUT2D eigenvalue weighted by atomic mass is 11.5. The number of halogens is 3. The number of hydrogen-bond acceptors (Lipinski definition) is 3. The van der Waals surface area contributed by atoms with Crippen molar-refractivity contribution in [3.8, 4) is 0 Å². The number of hydrogen-bond donors (Lipinski definition) is 0. The molecular formula is CH3Cl3NO3P. The molecule has 9 heavy (non-hydrogen) atoms. The summed E-state index contributed by atoms with van der Waals surface area (Å²) in [6, 6.07) is 0. The van der Waals surface area contributed by atoms with E-state index in [-0.39, 0.29) is 0 Å². The van der Waals surface area contributed by atoms with Crippen molar-refractivity contribution in [3.05, 3.63) is 10.1 Å². The van der Waals surface area contributed by atoms with Gasteiger partial charge in [0.05, 0.1) is 0 Å². The highest BCUT2D eigenvalue weighted by Crippen LogP contribution is 2.61. The van der Waals surface area contributed by atoms with E-state index in [4.69, 9.17) is 10.1 Å². The molecule has 0 aromatic rings. The Morgan fingerprint density at radius 3 is 1.44 bits per heavy atom. The van der Waals surface area contributed by atoms with Gasteiger partial charge in [-0.1, -0.05) is 0 Å². The predicted octanol–water partition coefficient (Wildman–Crippen LogP) is 2.70. The van der Waals surface area contributed by atoms with Crippen LogP contribution in [0.15, 0.2) is 0 Å². The summed E-state index contributed by atoms with van der Waals surface area (Å²) in [5, 5.41) is 5.58. The Morgan fingerprint density at radius 2 is 1.44 bits per heavy atom. The second kappa shape index (κ2) is 5.30. The molecular weight excluding hydrogens is 211 g/mol. The quantitative estimate of drug-likeness (QED) is 0.354. The van der Waals surface area contributed by atoms with E-state index in [9.17, 15) is 4.57 Å². The molecule has 0 aliphatic rings. The highest BCUT2D eigenvalue weighted by atomic mass is 36.0. The van der Waals surface area contributed by atoms with Crippen molar-refractivity contribution >= 4 is 38.9 Å². The van der Waals surface area contributed by atoms with Crippen LogP contribution < -0.4 is 0 Å². The van der Waals surface area contributed by atoms with Crippen LogP contribution in [0.1, 0.15) is 0 Å². The zero-order valence-electron chi connectivity index (χ0n) is 4.25. The minimum atomic E-state index is -3.22. The van der Waals surface area contributed by atoms with Crippen molar-refractivity contribution in [1.82, 2.24) is 0 Å². The van der Waals surface area contributed by atoms with Crippen molar-refractivity contribution < 1.29 is 9.49 Å². The van der Waals surface area contributed by atoms with Gasteiger partial charge in [-0.25, -0.2) is 0 Å². The minimum Gasteiger partial charge on any atom is -0.271 e. The van der Waals surface area contributed by atoms with Crippen molar-refractivity contribution in [2.75, 3.05) is 7.05 Å². The van der Waals surface area contributed by atoms with Crippen LogP contribution in [0.4, 0.5) is 0 Å². The number of nitro groups is 1. The molecule has 0 spiro atoms. The molecule has 8 heteroatoms. The maximum Gasteiger partial charge on any atom is 0.339 e. The summed E-state index contributed by atoms with van der Waals surface area (Å²) in [7, 11) is 0.889. The van der Waals surface area contributed by atoms with Crippen molar-refractivity contribution in [3.63, 3.8) is 0 Å². The Balaban J connectivity index is 0. The molecule has 0 saturated carbocycles. The lowest BCUT2D eigenvalue weighted by Crippen LogP contribution is -1.79. The minimum absolute atomic E-state index is 0.500. The summed E-state index contributed by atoms with van der Waals surface area (Å²) in [5.41, 5.74) is 0. The van der Waals surface area contributed by atoms with Gasteiger partial charge in [0.2, 0.25) is 0 Å². The molecule has 0 aliphatic heterocycles. The van der Waals surface area contributed by atoms with Gasteiger partial charge in [0.1, 0.15) is 0 Å². The molecule has 0 rings (SSSR count). The second-order valence-corrected chi connectivity index (χ2v) is 7.48. The molecule has 0 bridgehead atoms. The standard InChI is InChI=1S/CH3NO2.Cl3OP/c1-2(3)4;1-5(2,3)4/h1H3;. The van der Waals surface area contributed by atoms with Crippen LogP contribution in [0, 0.1) is 10.1 Å². The van der Waals surface area contributed by atoms with Gasteiger partial charge in [0.15, 0.2) is 7.05 Å². The van der Waals surface area contributed by atoms with Crippen LogP contribution in [-0.4, -0.2) is 12.0 Å². The fourth-order valence-corrected chi connectivity index (χ4v) is 0. The van der Waals surface area contributed by atoms with Gasteiger partial charge in [-0.05, 0) is 33.7 Å². The second-order valence-electron chi connectivity index (χ2n) is 0.838. The summed E-state index contributed by atoms with van der Waals surface area (Å²) in [5.74, 6) is 0. The summed E-state index contributed by atoms with van der Waals surface area (Å²) >= 11 is 13.8. The highest BCUT2D eigenvalue weighted by molar-refractivity contribution is 8.24. The fraction of sp³-hybridized carbons (Fsp3) is 1.00. The van der Waals surface area contributed by atoms with E-state index >= 15 is 0 Å². The molecule has 0 unspecified atom stereocenters. The lowest BCUT2D eigenvalue weighted by Gasteiger charge is -1.74. The van der Waals surface area contributed by atoms with Gasteiger partial charge < -0.3 is 0 Å². The zero-order valence-corrected chi connectivity index (χ0v) is 7.42. The molecule has 0 radical (unpaired) electrons. The molecule has 0 saturated heterocycles. The average Bonchev–Trinajstić information content (AvgIpc) is 1.19. The molecule has 0 aromatic heterocycles. The topological polar surface area (TPSA) is 60.2 Å². The van der Waals surface area contributed by atoms with E-state index in [0.717, 1.165) is 7.05 Å². The van der Waals surface area contributed by atoms with Crippen LogP contribution >= 0.6 is 38.9 Å². The first-order valence-electron chi connectivity index (χ1n) is 1.50. The van der Waals surface area contributed by atoms with E-state index in [1.165, 1.54) is 0 Å². The molecule has 0 N–H and O–H groups in total. The normalized spacial score (nSPS) is 9.33. The Kier molecular flexibility index (Phi) is 7.18. The van der Waals surface area contributed by atoms with Gasteiger partial charge >= 0.3 is 5.20 Å². The molecule has 0 fully saturated rings. The molecule has 56 valence electrons. The first-order chi connectivity index (χ1) is 3.73. The van der Waals surface area contributed by atoms with Crippen molar-refractivity contribution in [2.24, 2.45) is 0 Å². The molecule has 4 nitrogen and oxygen atoms in total. The summed E-state index contributed by atoms with van der Waals surface area (Å²) < 4.78 is 9.51. The van der Waals surface area contributed by atoms with Gasteiger partial charge in [0, 0.05) is 4.92 Å². The van der Waals surface area contributed by atoms with E-state index in [2.05, 4.69) is 33.7 Å². The van der Waals surface area contributed by atoms with E-state index < -0.39 is 10.1 Å². The van der Waals surface area contributed by atoms with Gasteiger partial charge in [-0.3, -0.25) is 14.7 Å². The van der Waals surface area contributed by atoms with Gasteiger partial charge in [0.25, 0.3) is 0 Å². The third-order valence-corrected chi connectivity index (χ3v) is 0. The Labute approximate surface area is 66.0 Å². The van der Waals surface area contributed by atoms with Gasteiger partial charge in [-0.2, -0.15) is 0 Å². The van der Waals surface area contributed by atoms with E-state index in [1.807, 2.05) is 0 Å². The first-order valence-corrected chi connectivity index (χ1v) is 5.92. The first kappa shape index (κ1) is 12.2. The van der Waals surface area contributed by atoms with Crippen LogP contribution in [0.3, 0.4) is 0 Å². The highest BCUT2D eigenvalue weighted by Gasteiger charge is 2.02. The maximum atomic E-state index is 9.51. The molecule has 0 aromatic carbocycles. The molecule has 0 aliphatic carbocycles. The number of rotatable bonds is 0. The predicted molar refractivity (Wildman–Crippen MR) is 38.1 cm³/mol. The molecule has 0 amide bonds. The summed E-state index contributed by atoms with van der Waals surface area (Å²) in [6.45, 7) is 0. The van der Waals surface area contributed by atoms with Crippen molar-refractivity contribution in [1.29, 1.82) is 0 Å². The summed E-state index contributed by atoms with van der Waals surface area (Å²) in [6.07, 6.45) is 0. The lowest BCUT2D eigenvalue weighted by molar-refractivity contribution is -0.445. The largest absolute Gasteiger partial charge is 0.339 e. The monoisotopic (exact) mass is 213 g/mol. The third-order valence-electron chi connectivity index (χ3n) is 0. The van der Waals surface area contributed by atoms with Gasteiger partial charge in [-0.15, -0.1) is 0 Å². The van der Waals surface area contributed by atoms with Crippen LogP contribution in [0.2, 0.25) is 0 Å². The maximum absolute atomic E-state index is 9.51. The SMILES string of the molecule is C[N+](=O)[O-].O=P(Cl)(Cl)Cl. The zero-order chi connectivity index (χ0) is 8.08. The smallest absolute Gasteiger partial charge is 0.271 e. The van der Waals surface area contributed by atoms with Crippen LogP contribution in [0.25, 0.3) is 0 Å². The third kappa shape index (κ3) is 1440. The molecule has 0 heterocycles. The Bertz CT molecular complexity index is 119. The average molecular weight is 214 g/mol. The number of nitrogens with zero attached hydrogens (tertiary/aromatic N) is 1. The Morgan fingerprint density at radius 1 is 1.44 bits per heavy atom. The van der Waals surface area contributed by atoms with E-state index in [1.54, 1.807) is 0 Å². The fourth-order valence-electron chi connectivity index (χ4n) is 0. The Hall–Kier alpha value is 0.500. The summed E-state index contributed by atoms with van der Waals surface area (Å²) in [4.78, 5) is 8.31.